The molecule has 1 fully saturated rings. The van der Waals surface area contributed by atoms with Gasteiger partial charge in [-0.05, 0) is 98.4 Å². The first-order valence-electron chi connectivity index (χ1n) is 14.3. The zero-order chi connectivity index (χ0) is 30.3. The first-order chi connectivity index (χ1) is 20.1. The fourth-order valence-corrected chi connectivity index (χ4v) is 5.79. The Morgan fingerprint density at radius 2 is 1.80 bits per heavy atom. The molecule has 2 atom stereocenters. The number of carbonyl (C=O) groups is 1. The molecule has 0 heterocycles. The third kappa shape index (κ3) is 10.5. The van der Waals surface area contributed by atoms with Crippen LogP contribution >= 0.6 is 40.7 Å². The predicted octanol–water partition coefficient (Wildman–Crippen LogP) is 6.77. The molecule has 0 aromatic heterocycles. The number of halogens is 5. The number of aliphatic hydroxyl groups excluding tert-OH is 1. The van der Waals surface area contributed by atoms with Crippen LogP contribution < -0.4 is 10.6 Å². The molecule has 1 aliphatic rings. The molecule has 0 unspecified atom stereocenters. The van der Waals surface area contributed by atoms with Gasteiger partial charge in [0.25, 0.3) is 5.91 Å². The fraction of sp³-hybridized carbons (Fsp3) is 0.382. The van der Waals surface area contributed by atoms with Crippen molar-refractivity contribution >= 4 is 46.7 Å². The maximum atomic E-state index is 14.0. The molecule has 10 heteroatoms. The van der Waals surface area contributed by atoms with Gasteiger partial charge < -0.3 is 20.6 Å². The van der Waals surface area contributed by atoms with E-state index < -0.39 is 23.8 Å². The number of amides is 1. The van der Waals surface area contributed by atoms with E-state index in [2.05, 4.69) is 44.3 Å². The van der Waals surface area contributed by atoms with Crippen molar-refractivity contribution < 1.29 is 18.7 Å². The number of hydrogen-bond acceptors (Lipinski definition) is 4. The highest BCUT2D eigenvalue weighted by atomic mass is 79.9. The van der Waals surface area contributed by atoms with Crippen molar-refractivity contribution in [3.63, 3.8) is 0 Å². The van der Waals surface area contributed by atoms with Crippen molar-refractivity contribution in [3.05, 3.63) is 105 Å². The van der Waals surface area contributed by atoms with E-state index in [1.54, 1.807) is 6.07 Å². The van der Waals surface area contributed by atoms with E-state index in [0.29, 0.717) is 17.7 Å². The van der Waals surface area contributed by atoms with Gasteiger partial charge in [0.05, 0.1) is 12.1 Å². The first-order valence-corrected chi connectivity index (χ1v) is 15.1. The van der Waals surface area contributed by atoms with Crippen molar-refractivity contribution in [3.8, 4) is 12.3 Å². The highest BCUT2D eigenvalue weighted by Crippen LogP contribution is 2.45. The van der Waals surface area contributed by atoms with Crippen LogP contribution in [0, 0.1) is 24.0 Å². The number of carbonyl (C=O) groups excluding carboxylic acids is 1. The summed E-state index contributed by atoms with van der Waals surface area (Å²) in [5.74, 6) is 0.859. The molecule has 1 aliphatic carbocycles. The van der Waals surface area contributed by atoms with Crippen LogP contribution in [-0.4, -0.2) is 48.2 Å². The van der Waals surface area contributed by atoms with Crippen molar-refractivity contribution in [2.45, 2.75) is 63.3 Å². The zero-order valence-corrected chi connectivity index (χ0v) is 28.1. The van der Waals surface area contributed by atoms with Gasteiger partial charge in [-0.2, -0.15) is 0 Å². The standard InChI is InChI=1S/C34H38BrF2N3O2.2ClH/c1-4-6-12-40(3)22-25-13-26(19-28(35)15-25)33(42)39-31(18-24-16-29(36)20-30(37)17-24)32(41)21-38-34(10-11-34)27-9-7-8-23(5-2)14-27;;/h2,7-9,13-17,19-20,31-32,38,41H,4,6,10-12,18,21-22H2,1,3H3,(H,39,42);2*1H/t31-,32-;;/m0../s1. The van der Waals surface area contributed by atoms with E-state index in [9.17, 15) is 18.7 Å². The Labute approximate surface area is 280 Å². The molecule has 0 aliphatic heterocycles. The predicted molar refractivity (Wildman–Crippen MR) is 180 cm³/mol. The molecule has 3 N–H and O–H groups in total. The van der Waals surface area contributed by atoms with Crippen molar-refractivity contribution in [1.82, 2.24) is 15.5 Å². The number of nitrogens with one attached hydrogen (secondary N) is 2. The summed E-state index contributed by atoms with van der Waals surface area (Å²) in [4.78, 5) is 15.7. The van der Waals surface area contributed by atoms with Crippen LogP contribution in [0.5, 0.6) is 0 Å². The Hall–Kier alpha value is -2.51. The minimum atomic E-state index is -1.04. The van der Waals surface area contributed by atoms with E-state index in [1.807, 2.05) is 43.4 Å². The SMILES string of the molecule is C#Cc1cccc(C2(NC[C@H](O)[C@H](Cc3cc(F)cc(F)c3)NC(=O)c3cc(Br)cc(CN(C)CCCC)c3)CC2)c1.Cl.Cl. The highest BCUT2D eigenvalue weighted by molar-refractivity contribution is 9.10. The van der Waals surface area contributed by atoms with Gasteiger partial charge in [-0.25, -0.2) is 8.78 Å². The molecule has 0 saturated heterocycles. The smallest absolute Gasteiger partial charge is 0.251 e. The normalized spacial score (nSPS) is 14.5. The van der Waals surface area contributed by atoms with Crippen LogP contribution in [0.1, 0.15) is 65.2 Å². The van der Waals surface area contributed by atoms with Crippen LogP contribution in [0.25, 0.3) is 0 Å². The Kier molecular flexibility index (Phi) is 14.8. The molecule has 0 bridgehead atoms. The maximum Gasteiger partial charge on any atom is 0.251 e. The summed E-state index contributed by atoms with van der Waals surface area (Å²) in [6, 6.07) is 15.7. The molecule has 1 saturated carbocycles. The molecule has 238 valence electrons. The Morgan fingerprint density at radius 3 is 2.43 bits per heavy atom. The number of nitrogens with zero attached hydrogens (tertiary/aromatic N) is 1. The topological polar surface area (TPSA) is 64.6 Å². The summed E-state index contributed by atoms with van der Waals surface area (Å²) in [6.07, 6.45) is 8.54. The van der Waals surface area contributed by atoms with Crippen molar-refractivity contribution in [2.24, 2.45) is 0 Å². The van der Waals surface area contributed by atoms with Crippen LogP contribution in [0.3, 0.4) is 0 Å². The average Bonchev–Trinajstić information content (AvgIpc) is 3.75. The van der Waals surface area contributed by atoms with Crippen LogP contribution in [-0.2, 0) is 18.5 Å². The summed E-state index contributed by atoms with van der Waals surface area (Å²) in [5.41, 5.74) is 3.27. The van der Waals surface area contributed by atoms with Gasteiger partial charge in [-0.1, -0.05) is 47.3 Å². The van der Waals surface area contributed by atoms with Crippen molar-refractivity contribution in [1.29, 1.82) is 0 Å². The fourth-order valence-electron chi connectivity index (χ4n) is 5.25. The summed E-state index contributed by atoms with van der Waals surface area (Å²) in [7, 11) is 2.04. The average molecular weight is 712 g/mol. The summed E-state index contributed by atoms with van der Waals surface area (Å²) >= 11 is 3.52. The summed E-state index contributed by atoms with van der Waals surface area (Å²) in [5, 5.41) is 17.7. The number of unbranched alkanes of at least 4 members (excludes halogenated alkanes) is 1. The number of rotatable bonds is 14. The quantitative estimate of drug-likeness (QED) is 0.162. The van der Waals surface area contributed by atoms with E-state index in [0.717, 1.165) is 59.5 Å². The van der Waals surface area contributed by atoms with Crippen molar-refractivity contribution in [2.75, 3.05) is 20.1 Å². The molecule has 1 amide bonds. The summed E-state index contributed by atoms with van der Waals surface area (Å²) in [6.45, 7) is 3.94. The molecule has 44 heavy (non-hydrogen) atoms. The summed E-state index contributed by atoms with van der Waals surface area (Å²) < 4.78 is 28.8. The Morgan fingerprint density at radius 1 is 1.09 bits per heavy atom. The lowest BCUT2D eigenvalue weighted by Crippen LogP contribution is -2.50. The molecule has 5 nitrogen and oxygen atoms in total. The third-order valence-electron chi connectivity index (χ3n) is 7.71. The van der Waals surface area contributed by atoms with Gasteiger partial charge in [0.15, 0.2) is 0 Å². The molecular formula is C34H40BrCl2F2N3O2. The lowest BCUT2D eigenvalue weighted by atomic mass is 9.98. The molecule has 0 radical (unpaired) electrons. The van der Waals surface area contributed by atoms with E-state index in [4.69, 9.17) is 6.42 Å². The number of hydrogen-bond donors (Lipinski definition) is 3. The van der Waals surface area contributed by atoms with Gasteiger partial charge in [0.1, 0.15) is 11.6 Å². The van der Waals surface area contributed by atoms with E-state index in [-0.39, 0.29) is 49.2 Å². The molecule has 4 rings (SSSR count). The number of benzene rings is 3. The lowest BCUT2D eigenvalue weighted by molar-refractivity contribution is 0.0821. The zero-order valence-electron chi connectivity index (χ0n) is 24.9. The largest absolute Gasteiger partial charge is 0.390 e. The molecule has 3 aromatic rings. The van der Waals surface area contributed by atoms with E-state index >= 15 is 0 Å². The molecule has 0 spiro atoms. The second-order valence-electron chi connectivity index (χ2n) is 11.3. The van der Waals surface area contributed by atoms with Crippen LogP contribution in [0.4, 0.5) is 8.78 Å². The molecule has 3 aromatic carbocycles. The second kappa shape index (κ2) is 17.3. The highest BCUT2D eigenvalue weighted by Gasteiger charge is 2.44. The Bertz CT molecular complexity index is 1430. The number of aliphatic hydroxyl groups is 1. The molecular weight excluding hydrogens is 671 g/mol. The first kappa shape index (κ1) is 37.7. The van der Waals surface area contributed by atoms with Gasteiger partial charge in [0, 0.05) is 40.3 Å². The van der Waals surface area contributed by atoms with Gasteiger partial charge in [-0.3, -0.25) is 4.79 Å². The third-order valence-corrected chi connectivity index (χ3v) is 8.16. The second-order valence-corrected chi connectivity index (χ2v) is 12.2. The monoisotopic (exact) mass is 709 g/mol. The number of terminal acetylenes is 1. The van der Waals surface area contributed by atoms with E-state index in [1.165, 1.54) is 12.1 Å². The van der Waals surface area contributed by atoms with Crippen LogP contribution in [0.15, 0.2) is 65.1 Å². The minimum absolute atomic E-state index is 0. The van der Waals surface area contributed by atoms with Gasteiger partial charge >= 0.3 is 0 Å². The van der Waals surface area contributed by atoms with Gasteiger partial charge in [0.2, 0.25) is 0 Å². The minimum Gasteiger partial charge on any atom is -0.390 e. The lowest BCUT2D eigenvalue weighted by Gasteiger charge is -2.27. The Balaban J connectivity index is 0.00000337. The van der Waals surface area contributed by atoms with Crippen LogP contribution in [0.2, 0.25) is 0 Å². The maximum absolute atomic E-state index is 14.0. The van der Waals surface area contributed by atoms with Gasteiger partial charge in [-0.15, -0.1) is 31.2 Å².